The van der Waals surface area contributed by atoms with Gasteiger partial charge in [-0.2, -0.15) is 0 Å². The van der Waals surface area contributed by atoms with Gasteiger partial charge in [0.05, 0.1) is 0 Å². The Morgan fingerprint density at radius 2 is 1.82 bits per heavy atom. The molecular formula is C6H9BrO4. The van der Waals surface area contributed by atoms with Crippen molar-refractivity contribution in [3.8, 4) is 0 Å². The van der Waals surface area contributed by atoms with Gasteiger partial charge in [-0.1, -0.05) is 22.0 Å². The van der Waals surface area contributed by atoms with Crippen LogP contribution in [-0.4, -0.2) is 27.5 Å². The summed E-state index contributed by atoms with van der Waals surface area (Å²) in [6.45, 7) is 1.66. The van der Waals surface area contributed by atoms with E-state index in [4.69, 9.17) is 10.2 Å². The molecule has 0 rings (SSSR count). The molecule has 0 aromatic carbocycles. The summed E-state index contributed by atoms with van der Waals surface area (Å²) in [5.41, 5.74) is 0. The monoisotopic (exact) mass is 224 g/mol. The molecule has 0 saturated heterocycles. The average molecular weight is 225 g/mol. The van der Waals surface area contributed by atoms with Crippen LogP contribution in [0.25, 0.3) is 0 Å². The molecule has 64 valence electrons. The number of halogens is 1. The third-order valence-electron chi connectivity index (χ3n) is 0.424. The van der Waals surface area contributed by atoms with E-state index in [2.05, 4.69) is 15.9 Å². The molecule has 0 aromatic rings. The third-order valence-corrected chi connectivity index (χ3v) is 0.903. The molecule has 0 heterocycles. The van der Waals surface area contributed by atoms with Crippen LogP contribution in [0.2, 0.25) is 0 Å². The fourth-order valence-corrected chi connectivity index (χ4v) is 0.143. The summed E-state index contributed by atoms with van der Waals surface area (Å²) in [5.74, 6) is -1.72. The van der Waals surface area contributed by atoms with E-state index in [1.54, 1.807) is 6.92 Å². The maximum atomic E-state index is 9.51. The predicted octanol–water partition coefficient (Wildman–Crippen LogP) is 1.11. The van der Waals surface area contributed by atoms with Gasteiger partial charge in [0.25, 0.3) is 0 Å². The Morgan fingerprint density at radius 3 is 1.82 bits per heavy atom. The normalized spacial score (nSPS) is 8.55. The smallest absolute Gasteiger partial charge is 0.327 e. The average Bonchev–Trinajstić information content (AvgIpc) is 1.89. The van der Waals surface area contributed by atoms with Crippen molar-refractivity contribution in [3.63, 3.8) is 0 Å². The third kappa shape index (κ3) is 27.1. The number of hydrogen-bond acceptors (Lipinski definition) is 2. The maximum Gasteiger partial charge on any atom is 0.327 e. The van der Waals surface area contributed by atoms with Crippen LogP contribution in [0.15, 0.2) is 12.2 Å². The van der Waals surface area contributed by atoms with Crippen molar-refractivity contribution in [1.29, 1.82) is 0 Å². The Morgan fingerprint density at radius 1 is 1.45 bits per heavy atom. The molecular weight excluding hydrogens is 216 g/mol. The number of rotatable bonds is 2. The molecule has 0 radical (unpaired) electrons. The molecule has 0 aromatic heterocycles. The van der Waals surface area contributed by atoms with E-state index in [1.165, 1.54) is 6.08 Å². The van der Waals surface area contributed by atoms with E-state index >= 15 is 0 Å². The lowest BCUT2D eigenvalue weighted by Gasteiger charge is -1.70. The van der Waals surface area contributed by atoms with E-state index in [0.29, 0.717) is 0 Å². The second-order valence-electron chi connectivity index (χ2n) is 1.37. The van der Waals surface area contributed by atoms with E-state index in [9.17, 15) is 9.59 Å². The van der Waals surface area contributed by atoms with Gasteiger partial charge in [0.1, 0.15) is 5.33 Å². The summed E-state index contributed by atoms with van der Waals surface area (Å²) < 4.78 is 0. The van der Waals surface area contributed by atoms with Crippen LogP contribution < -0.4 is 0 Å². The molecule has 0 spiro atoms. The number of alkyl halides is 1. The zero-order valence-corrected chi connectivity index (χ0v) is 7.54. The highest BCUT2D eigenvalue weighted by Gasteiger charge is 1.83. The molecule has 0 unspecified atom stereocenters. The van der Waals surface area contributed by atoms with Gasteiger partial charge in [-0.25, -0.2) is 4.79 Å². The number of carbonyl (C=O) groups is 2. The summed E-state index contributed by atoms with van der Waals surface area (Å²) >= 11 is 2.71. The SMILES string of the molecule is CC=CC(=O)O.O=C(O)CBr. The lowest BCUT2D eigenvalue weighted by atomic mass is 10.5. The van der Waals surface area contributed by atoms with Crippen LogP contribution in [0.1, 0.15) is 6.92 Å². The molecule has 0 saturated carbocycles. The first kappa shape index (κ1) is 12.8. The van der Waals surface area contributed by atoms with Crippen molar-refractivity contribution in [2.75, 3.05) is 5.33 Å². The van der Waals surface area contributed by atoms with Crippen LogP contribution in [0.5, 0.6) is 0 Å². The van der Waals surface area contributed by atoms with E-state index in [-0.39, 0.29) is 5.33 Å². The highest BCUT2D eigenvalue weighted by Crippen LogP contribution is 1.73. The summed E-state index contributed by atoms with van der Waals surface area (Å²) in [7, 11) is 0. The lowest BCUT2D eigenvalue weighted by molar-refractivity contribution is -0.134. The number of hydrogen-bond donors (Lipinski definition) is 2. The number of carboxylic acid groups (broad SMARTS) is 2. The van der Waals surface area contributed by atoms with Crippen LogP contribution >= 0.6 is 15.9 Å². The zero-order valence-electron chi connectivity index (χ0n) is 5.95. The van der Waals surface area contributed by atoms with E-state index in [1.807, 2.05) is 0 Å². The summed E-state index contributed by atoms with van der Waals surface area (Å²) in [6.07, 6.45) is 2.56. The Bertz CT molecular complexity index is 153. The van der Waals surface area contributed by atoms with Crippen LogP contribution in [-0.2, 0) is 9.59 Å². The second-order valence-corrected chi connectivity index (χ2v) is 1.93. The summed E-state index contributed by atoms with van der Waals surface area (Å²) in [5, 5.41) is 15.5. The van der Waals surface area contributed by atoms with Crippen molar-refractivity contribution in [3.05, 3.63) is 12.2 Å². The topological polar surface area (TPSA) is 74.6 Å². The molecule has 0 bridgehead atoms. The van der Waals surface area contributed by atoms with Gasteiger partial charge in [-0.3, -0.25) is 4.79 Å². The van der Waals surface area contributed by atoms with E-state index in [0.717, 1.165) is 6.08 Å². The standard InChI is InChI=1S/C4H6O2.C2H3BrO2/c1-2-3-4(5)6;3-1-2(4)5/h2-3H,1H3,(H,5,6);1H2,(H,4,5). The highest BCUT2D eigenvalue weighted by molar-refractivity contribution is 9.09. The molecule has 0 amide bonds. The fourth-order valence-electron chi connectivity index (χ4n) is 0.143. The first-order valence-electron chi connectivity index (χ1n) is 2.68. The van der Waals surface area contributed by atoms with Gasteiger partial charge in [0, 0.05) is 6.08 Å². The minimum Gasteiger partial charge on any atom is -0.481 e. The quantitative estimate of drug-likeness (QED) is 0.545. The lowest BCUT2D eigenvalue weighted by Crippen LogP contribution is -1.92. The largest absolute Gasteiger partial charge is 0.481 e. The van der Waals surface area contributed by atoms with Crippen molar-refractivity contribution in [2.45, 2.75) is 6.92 Å². The number of allylic oxidation sites excluding steroid dienone is 1. The Kier molecular flexibility index (Phi) is 10.7. The Balaban J connectivity index is 0. The molecule has 0 aliphatic heterocycles. The zero-order chi connectivity index (χ0) is 9.28. The van der Waals surface area contributed by atoms with Gasteiger partial charge in [-0.05, 0) is 6.92 Å². The molecule has 0 fully saturated rings. The minimum absolute atomic E-state index is 0.0347. The molecule has 4 nitrogen and oxygen atoms in total. The molecule has 2 N–H and O–H groups in total. The van der Waals surface area contributed by atoms with Gasteiger partial charge < -0.3 is 10.2 Å². The maximum absolute atomic E-state index is 9.51. The molecule has 0 aliphatic carbocycles. The first-order valence-corrected chi connectivity index (χ1v) is 3.80. The first-order chi connectivity index (χ1) is 5.04. The van der Waals surface area contributed by atoms with Crippen molar-refractivity contribution in [1.82, 2.24) is 0 Å². The highest BCUT2D eigenvalue weighted by atomic mass is 79.9. The molecule has 0 aliphatic rings. The van der Waals surface area contributed by atoms with Crippen LogP contribution in [0, 0.1) is 0 Å². The number of aliphatic carboxylic acids is 2. The van der Waals surface area contributed by atoms with Gasteiger partial charge in [0.2, 0.25) is 0 Å². The summed E-state index contributed by atoms with van der Waals surface area (Å²) in [6, 6.07) is 0. The number of carboxylic acids is 2. The van der Waals surface area contributed by atoms with E-state index < -0.39 is 11.9 Å². The second kappa shape index (κ2) is 9.16. The van der Waals surface area contributed by atoms with Gasteiger partial charge in [0.15, 0.2) is 0 Å². The summed E-state index contributed by atoms with van der Waals surface area (Å²) in [4.78, 5) is 18.8. The van der Waals surface area contributed by atoms with Crippen molar-refractivity contribution >= 4 is 27.9 Å². The van der Waals surface area contributed by atoms with Crippen molar-refractivity contribution < 1.29 is 19.8 Å². The fraction of sp³-hybridized carbons (Fsp3) is 0.333. The molecule has 11 heavy (non-hydrogen) atoms. The van der Waals surface area contributed by atoms with Crippen LogP contribution in [0.4, 0.5) is 0 Å². The van der Waals surface area contributed by atoms with Crippen molar-refractivity contribution in [2.24, 2.45) is 0 Å². The molecule has 5 heteroatoms. The predicted molar refractivity (Wildman–Crippen MR) is 43.9 cm³/mol. The van der Waals surface area contributed by atoms with Crippen LogP contribution in [0.3, 0.4) is 0 Å². The van der Waals surface area contributed by atoms with Gasteiger partial charge in [-0.15, -0.1) is 0 Å². The molecule has 0 atom stereocenters. The van der Waals surface area contributed by atoms with Gasteiger partial charge >= 0.3 is 11.9 Å². The Labute approximate surface area is 72.7 Å². The minimum atomic E-state index is -0.891. The Hall–Kier alpha value is -0.840.